The van der Waals surface area contributed by atoms with E-state index >= 15 is 0 Å². The normalized spacial score (nSPS) is 9.06. The molecule has 0 saturated carbocycles. The summed E-state index contributed by atoms with van der Waals surface area (Å²) in [6, 6.07) is 0. The molecule has 0 unspecified atom stereocenters. The Morgan fingerprint density at radius 3 is 0.941 bits per heavy atom. The first kappa shape index (κ1) is 24.0. The number of rotatable bonds is 8. The molecule has 0 bridgehead atoms. The van der Waals surface area contributed by atoms with Crippen molar-refractivity contribution in [2.45, 2.75) is 53.4 Å². The topological polar surface area (TPSA) is 0 Å². The van der Waals surface area contributed by atoms with Gasteiger partial charge in [-0.05, 0) is 49.2 Å². The molecular weight excluding hydrogens is 474 g/mol. The van der Waals surface area contributed by atoms with Crippen molar-refractivity contribution < 1.29 is 16.5 Å². The maximum absolute atomic E-state index is 4.88. The van der Waals surface area contributed by atoms with Crippen LogP contribution >= 0.6 is 18.8 Å². The molecule has 0 aromatic heterocycles. The van der Waals surface area contributed by atoms with Gasteiger partial charge in [0.15, 0.2) is 0 Å². The summed E-state index contributed by atoms with van der Waals surface area (Å²) < 4.78 is 0. The van der Waals surface area contributed by atoms with Gasteiger partial charge in [0, 0.05) is 0 Å². The van der Waals surface area contributed by atoms with Crippen molar-refractivity contribution in [3.63, 3.8) is 0 Å². The average Bonchev–Trinajstić information content (AvgIpc) is 2.32. The van der Waals surface area contributed by atoms with Crippen LogP contribution < -0.4 is 0 Å². The molecule has 0 fully saturated rings. The van der Waals surface area contributed by atoms with E-state index in [-0.39, 0.29) is 0 Å². The first-order valence-electron chi connectivity index (χ1n) is 6.33. The van der Waals surface area contributed by atoms with Crippen molar-refractivity contribution >= 4 is 42.4 Å². The molecule has 0 heterocycles. The molecule has 0 aromatic carbocycles. The Hall–Kier alpha value is 1.97. The summed E-state index contributed by atoms with van der Waals surface area (Å²) >= 11 is 2.81. The second-order valence-corrected chi connectivity index (χ2v) is 9.35. The van der Waals surface area contributed by atoms with Crippen LogP contribution in [0.1, 0.15) is 53.4 Å². The molecule has 17 heavy (non-hydrogen) atoms. The molecule has 0 aliphatic rings. The molecule has 5 heteroatoms. The summed E-state index contributed by atoms with van der Waals surface area (Å²) in [6.07, 6.45) is 5.40. The molecule has 0 aliphatic carbocycles. The molecule has 0 aliphatic heterocycles. The van der Waals surface area contributed by atoms with Crippen LogP contribution in [0.4, 0.5) is 0 Å². The molecule has 112 valence electrons. The minimum absolute atomic E-state index is 0.472. The monoisotopic (exact) mass is 503 g/mol. The van der Waals surface area contributed by atoms with Crippen LogP contribution in [0.3, 0.4) is 0 Å². The summed E-state index contributed by atoms with van der Waals surface area (Å²) in [5, 5.41) is 0. The van der Waals surface area contributed by atoms with Gasteiger partial charge in [-0.3, -0.25) is 0 Å². The Morgan fingerprint density at radius 1 is 0.647 bits per heavy atom. The van der Waals surface area contributed by atoms with Crippen LogP contribution in [-0.2, 0) is 40.0 Å². The van der Waals surface area contributed by atoms with Crippen molar-refractivity contribution in [1.29, 1.82) is 0 Å². The Balaban J connectivity index is -0.000000188. The van der Waals surface area contributed by atoms with E-state index in [0.29, 0.717) is 0 Å². The van der Waals surface area contributed by atoms with Crippen LogP contribution in [0, 0.1) is 0 Å². The van der Waals surface area contributed by atoms with E-state index in [2.05, 4.69) is 27.7 Å². The number of halogens is 2. The van der Waals surface area contributed by atoms with E-state index in [1.807, 2.05) is 0 Å². The summed E-state index contributed by atoms with van der Waals surface area (Å²) in [5.41, 5.74) is 0. The summed E-state index contributed by atoms with van der Waals surface area (Å²) in [6.45, 7) is 8.96. The van der Waals surface area contributed by atoms with Gasteiger partial charge in [0.25, 0.3) is 0 Å². The SMILES string of the molecule is CCC[SH+]CCC.CCC[SH+]CCC.[Cl][Pt][Cl]. The van der Waals surface area contributed by atoms with Gasteiger partial charge < -0.3 is 0 Å². The van der Waals surface area contributed by atoms with Gasteiger partial charge in [-0.1, -0.05) is 27.7 Å². The van der Waals surface area contributed by atoms with Crippen molar-refractivity contribution in [1.82, 2.24) is 0 Å². The zero-order valence-electron chi connectivity index (χ0n) is 11.6. The van der Waals surface area contributed by atoms with Gasteiger partial charge in [0.1, 0.15) is 23.0 Å². The molecule has 0 saturated heterocycles. The summed E-state index contributed by atoms with van der Waals surface area (Å²) in [5.74, 6) is 5.59. The molecule has 0 N–H and O–H groups in total. The Bertz CT molecular complexity index is 80.6. The van der Waals surface area contributed by atoms with E-state index in [4.69, 9.17) is 18.8 Å². The minimum atomic E-state index is -0.472. The molecule has 0 atom stereocenters. The number of hydrogen-bond donors (Lipinski definition) is 0. The van der Waals surface area contributed by atoms with E-state index < -0.39 is 16.5 Å². The van der Waals surface area contributed by atoms with E-state index in [0.717, 1.165) is 0 Å². The van der Waals surface area contributed by atoms with Crippen LogP contribution in [0.25, 0.3) is 0 Å². The first-order chi connectivity index (χ1) is 8.24. The predicted octanol–water partition coefficient (Wildman–Crippen LogP) is 4.62. The van der Waals surface area contributed by atoms with Crippen LogP contribution in [0.5, 0.6) is 0 Å². The standard InChI is InChI=1S/2C6H14S.2ClH.Pt/c2*1-3-5-7-6-4-2;;;/h2*3-6H2,1-2H3;2*1H;/q;;;;+2. The van der Waals surface area contributed by atoms with Gasteiger partial charge in [-0.15, -0.1) is 0 Å². The Morgan fingerprint density at radius 2 is 0.824 bits per heavy atom. The van der Waals surface area contributed by atoms with Gasteiger partial charge in [-0.2, -0.15) is 0 Å². The summed E-state index contributed by atoms with van der Waals surface area (Å²) in [7, 11) is 9.75. The fourth-order valence-corrected chi connectivity index (χ4v) is 2.57. The third-order valence-corrected chi connectivity index (χ3v) is 4.58. The first-order valence-corrected chi connectivity index (χ1v) is 14.5. The Labute approximate surface area is 134 Å². The molecular formula is C12H30Cl2PtS2+2. The second-order valence-electron chi connectivity index (χ2n) is 3.39. The third-order valence-electron chi connectivity index (χ3n) is 1.53. The van der Waals surface area contributed by atoms with Crippen molar-refractivity contribution in [2.24, 2.45) is 0 Å². The predicted molar refractivity (Wildman–Crippen MR) is 89.9 cm³/mol. The average molecular weight is 504 g/mol. The molecule has 0 radical (unpaired) electrons. The van der Waals surface area contributed by atoms with Crippen LogP contribution in [0.2, 0.25) is 0 Å². The van der Waals surface area contributed by atoms with E-state index in [9.17, 15) is 0 Å². The molecule has 0 amide bonds. The third kappa shape index (κ3) is 46.1. The van der Waals surface area contributed by atoms with Crippen molar-refractivity contribution in [3.05, 3.63) is 0 Å². The molecule has 0 aromatic rings. The number of thiol groups is 2. The van der Waals surface area contributed by atoms with Gasteiger partial charge >= 0.3 is 35.3 Å². The Kier molecular flexibility index (Phi) is 43.5. The van der Waals surface area contributed by atoms with Crippen molar-refractivity contribution in [2.75, 3.05) is 23.0 Å². The summed E-state index contributed by atoms with van der Waals surface area (Å²) in [4.78, 5) is 0. The quantitative estimate of drug-likeness (QED) is 0.257. The second kappa shape index (κ2) is 30.8. The van der Waals surface area contributed by atoms with E-state index in [1.165, 1.54) is 48.7 Å². The fraction of sp³-hybridized carbons (Fsp3) is 1.00. The zero-order chi connectivity index (χ0) is 13.8. The van der Waals surface area contributed by atoms with Gasteiger partial charge in [-0.25, -0.2) is 0 Å². The molecule has 0 spiro atoms. The molecule has 0 rings (SSSR count). The maximum atomic E-state index is 4.88. The van der Waals surface area contributed by atoms with Crippen molar-refractivity contribution in [3.8, 4) is 0 Å². The fourth-order valence-electron chi connectivity index (χ4n) is 0.856. The zero-order valence-corrected chi connectivity index (χ0v) is 17.2. The van der Waals surface area contributed by atoms with Crippen LogP contribution in [-0.4, -0.2) is 23.0 Å². The van der Waals surface area contributed by atoms with Gasteiger partial charge in [0.05, 0.1) is 0 Å². The molecule has 0 nitrogen and oxygen atoms in total. The van der Waals surface area contributed by atoms with E-state index in [1.54, 1.807) is 23.5 Å². The van der Waals surface area contributed by atoms with Crippen LogP contribution in [0.15, 0.2) is 0 Å². The number of hydrogen-bond acceptors (Lipinski definition) is 0. The van der Waals surface area contributed by atoms with Gasteiger partial charge in [0.2, 0.25) is 0 Å².